The lowest BCUT2D eigenvalue weighted by Gasteiger charge is -2.21. The molecular formula is C24H38O5. The number of carbonyl (C=O) groups excluding carboxylic acids is 1. The Morgan fingerprint density at radius 3 is 2.66 bits per heavy atom. The van der Waals surface area contributed by atoms with Crippen molar-refractivity contribution in [1.82, 2.24) is 0 Å². The summed E-state index contributed by atoms with van der Waals surface area (Å²) in [5, 5.41) is 30.8. The Morgan fingerprint density at radius 2 is 1.93 bits per heavy atom. The summed E-state index contributed by atoms with van der Waals surface area (Å²) in [5.41, 5.74) is 0. The van der Waals surface area contributed by atoms with Crippen LogP contribution in [0.2, 0.25) is 0 Å². The van der Waals surface area contributed by atoms with E-state index in [2.05, 4.69) is 16.6 Å². The first-order valence-corrected chi connectivity index (χ1v) is 11.3. The molecule has 3 N–H and O–H groups in total. The van der Waals surface area contributed by atoms with Crippen molar-refractivity contribution in [3.63, 3.8) is 0 Å². The molecule has 0 aromatic carbocycles. The summed E-state index contributed by atoms with van der Waals surface area (Å²) < 4.78 is 4.62. The van der Waals surface area contributed by atoms with Crippen LogP contribution in [-0.4, -0.2) is 46.7 Å². The predicted octanol–water partition coefficient (Wildman–Crippen LogP) is 3.36. The monoisotopic (exact) mass is 406 g/mol. The topological polar surface area (TPSA) is 87.0 Å². The van der Waals surface area contributed by atoms with Gasteiger partial charge >= 0.3 is 5.97 Å². The van der Waals surface area contributed by atoms with Crippen molar-refractivity contribution in [2.24, 2.45) is 17.8 Å². The van der Waals surface area contributed by atoms with Gasteiger partial charge in [-0.25, -0.2) is 0 Å². The van der Waals surface area contributed by atoms with Gasteiger partial charge in [0.1, 0.15) is 6.10 Å². The summed E-state index contributed by atoms with van der Waals surface area (Å²) in [7, 11) is 1.39. The first-order chi connectivity index (χ1) is 14.0. The number of ether oxygens (including phenoxy) is 1. The molecule has 29 heavy (non-hydrogen) atoms. The molecule has 2 aliphatic carbocycles. The molecule has 0 bridgehead atoms. The molecule has 0 aromatic heterocycles. The fourth-order valence-electron chi connectivity index (χ4n) is 4.57. The van der Waals surface area contributed by atoms with Gasteiger partial charge in [-0.15, -0.1) is 0 Å². The Balaban J connectivity index is 1.78. The molecule has 5 atom stereocenters. The minimum Gasteiger partial charge on any atom is -0.469 e. The SMILES string of the molecule is COC(=O)CCC/C=C/C[C@@H]1[C@@H](C#C[C@@H](O)CCC2CCCCC2)[C@H](O)C[C@@H]1O. The van der Waals surface area contributed by atoms with E-state index in [1.54, 1.807) is 0 Å². The van der Waals surface area contributed by atoms with Gasteiger partial charge in [-0.2, -0.15) is 0 Å². The van der Waals surface area contributed by atoms with Crippen LogP contribution in [0.5, 0.6) is 0 Å². The molecule has 0 spiro atoms. The molecule has 164 valence electrons. The number of hydrogen-bond acceptors (Lipinski definition) is 5. The zero-order valence-corrected chi connectivity index (χ0v) is 17.8. The number of esters is 1. The van der Waals surface area contributed by atoms with Gasteiger partial charge in [-0.3, -0.25) is 4.79 Å². The van der Waals surface area contributed by atoms with Crippen LogP contribution in [0.4, 0.5) is 0 Å². The third-order valence-corrected chi connectivity index (χ3v) is 6.40. The van der Waals surface area contributed by atoms with E-state index >= 15 is 0 Å². The maximum absolute atomic E-state index is 11.1. The van der Waals surface area contributed by atoms with Gasteiger partial charge in [0, 0.05) is 18.8 Å². The first kappa shape index (κ1) is 23.9. The molecule has 5 nitrogen and oxygen atoms in total. The van der Waals surface area contributed by atoms with Crippen LogP contribution in [0.15, 0.2) is 12.2 Å². The van der Waals surface area contributed by atoms with Crippen molar-refractivity contribution in [2.45, 2.75) is 95.4 Å². The molecule has 0 aliphatic heterocycles. The zero-order chi connectivity index (χ0) is 21.1. The Bertz CT molecular complexity index is 570. The highest BCUT2D eigenvalue weighted by atomic mass is 16.5. The van der Waals surface area contributed by atoms with E-state index in [0.717, 1.165) is 25.2 Å². The lowest BCUT2D eigenvalue weighted by molar-refractivity contribution is -0.140. The van der Waals surface area contributed by atoms with Crippen LogP contribution < -0.4 is 0 Å². The number of allylic oxidation sites excluding steroid dienone is 2. The van der Waals surface area contributed by atoms with E-state index < -0.39 is 18.3 Å². The van der Waals surface area contributed by atoms with Crippen LogP contribution in [0.3, 0.4) is 0 Å². The van der Waals surface area contributed by atoms with Gasteiger partial charge in [-0.1, -0.05) is 56.1 Å². The standard InChI is InChI=1S/C24H38O5/c1-29-24(28)12-8-3-2-7-11-20-21(23(27)17-22(20)26)16-15-19(25)14-13-18-9-5-4-6-10-18/h2,7,18-23,25-27H,3-6,8-14,17H2,1H3/b7-2+/t19-,20+,21+,22-,23+/m0/s1. The Morgan fingerprint density at radius 1 is 1.17 bits per heavy atom. The molecule has 0 heterocycles. The van der Waals surface area contributed by atoms with Crippen LogP contribution in [-0.2, 0) is 9.53 Å². The maximum Gasteiger partial charge on any atom is 0.305 e. The molecule has 2 aliphatic rings. The number of unbranched alkanes of at least 4 members (excludes halogenated alkanes) is 1. The van der Waals surface area contributed by atoms with E-state index in [-0.39, 0.29) is 17.8 Å². The van der Waals surface area contributed by atoms with Crippen molar-refractivity contribution >= 4 is 5.97 Å². The Kier molecular flexibility index (Phi) is 10.8. The largest absolute Gasteiger partial charge is 0.469 e. The molecule has 0 unspecified atom stereocenters. The van der Waals surface area contributed by atoms with Gasteiger partial charge in [0.05, 0.1) is 25.2 Å². The highest BCUT2D eigenvalue weighted by Gasteiger charge is 2.40. The van der Waals surface area contributed by atoms with Gasteiger partial charge in [-0.05, 0) is 38.0 Å². The number of methoxy groups -OCH3 is 1. The maximum atomic E-state index is 11.1. The molecule has 2 rings (SSSR count). The highest BCUT2D eigenvalue weighted by Crippen LogP contribution is 2.35. The van der Waals surface area contributed by atoms with E-state index in [0.29, 0.717) is 25.7 Å². The first-order valence-electron chi connectivity index (χ1n) is 11.3. The van der Waals surface area contributed by atoms with Crippen LogP contribution in [0.1, 0.15) is 77.0 Å². The molecule has 0 aromatic rings. The third-order valence-electron chi connectivity index (χ3n) is 6.40. The van der Waals surface area contributed by atoms with Gasteiger partial charge < -0.3 is 20.1 Å². The molecule has 0 saturated heterocycles. The van der Waals surface area contributed by atoms with Gasteiger partial charge in [0.2, 0.25) is 0 Å². The number of hydrogen-bond donors (Lipinski definition) is 3. The molecule has 0 amide bonds. The summed E-state index contributed by atoms with van der Waals surface area (Å²) in [6.07, 6.45) is 13.2. The van der Waals surface area contributed by atoms with Crippen molar-refractivity contribution in [1.29, 1.82) is 0 Å². The van der Waals surface area contributed by atoms with E-state index in [1.807, 2.05) is 12.2 Å². The van der Waals surface area contributed by atoms with Crippen molar-refractivity contribution < 1.29 is 24.9 Å². The summed E-state index contributed by atoms with van der Waals surface area (Å²) in [4.78, 5) is 11.1. The molecule has 2 fully saturated rings. The third kappa shape index (κ3) is 8.50. The predicted molar refractivity (Wildman–Crippen MR) is 113 cm³/mol. The minimum atomic E-state index is -0.656. The van der Waals surface area contributed by atoms with Crippen LogP contribution in [0.25, 0.3) is 0 Å². The quantitative estimate of drug-likeness (QED) is 0.237. The average Bonchev–Trinajstić information content (AvgIpc) is 3.00. The second kappa shape index (κ2) is 13.1. The normalized spacial score (nSPS) is 28.8. The Hall–Kier alpha value is -1.35. The van der Waals surface area contributed by atoms with E-state index in [4.69, 9.17) is 0 Å². The number of aliphatic hydroxyl groups excluding tert-OH is 3. The van der Waals surface area contributed by atoms with Crippen molar-refractivity contribution in [3.8, 4) is 11.8 Å². The van der Waals surface area contributed by atoms with Crippen molar-refractivity contribution in [3.05, 3.63) is 12.2 Å². The van der Waals surface area contributed by atoms with Crippen LogP contribution in [0, 0.1) is 29.6 Å². The van der Waals surface area contributed by atoms with E-state index in [1.165, 1.54) is 39.2 Å². The fourth-order valence-corrected chi connectivity index (χ4v) is 4.57. The van der Waals surface area contributed by atoms with E-state index in [9.17, 15) is 20.1 Å². The average molecular weight is 407 g/mol. The molecule has 5 heteroatoms. The molecular weight excluding hydrogens is 368 g/mol. The summed E-state index contributed by atoms with van der Waals surface area (Å²) in [6, 6.07) is 0. The molecule has 2 saturated carbocycles. The minimum absolute atomic E-state index is 0.125. The molecule has 0 radical (unpaired) electrons. The van der Waals surface area contributed by atoms with Crippen LogP contribution >= 0.6 is 0 Å². The second-order valence-corrected chi connectivity index (χ2v) is 8.62. The van der Waals surface area contributed by atoms with Crippen molar-refractivity contribution in [2.75, 3.05) is 7.11 Å². The number of aliphatic hydroxyl groups is 3. The second-order valence-electron chi connectivity index (χ2n) is 8.62. The highest BCUT2D eigenvalue weighted by molar-refractivity contribution is 5.69. The Labute approximate surface area is 175 Å². The smallest absolute Gasteiger partial charge is 0.305 e. The van der Waals surface area contributed by atoms with Gasteiger partial charge in [0.15, 0.2) is 0 Å². The number of rotatable bonds is 9. The summed E-state index contributed by atoms with van der Waals surface area (Å²) in [5.74, 6) is 6.08. The summed E-state index contributed by atoms with van der Waals surface area (Å²) in [6.45, 7) is 0. The lowest BCUT2D eigenvalue weighted by atomic mass is 9.85. The lowest BCUT2D eigenvalue weighted by Crippen LogP contribution is -2.21. The number of carbonyl (C=O) groups is 1. The van der Waals surface area contributed by atoms with Gasteiger partial charge in [0.25, 0.3) is 0 Å². The fraction of sp³-hybridized carbons (Fsp3) is 0.792. The zero-order valence-electron chi connectivity index (χ0n) is 17.8. The summed E-state index contributed by atoms with van der Waals surface area (Å²) >= 11 is 0.